The molecule has 166 valence electrons. The van der Waals surface area contributed by atoms with Crippen molar-refractivity contribution in [1.82, 2.24) is 9.29 Å². The van der Waals surface area contributed by atoms with Gasteiger partial charge in [0, 0.05) is 19.0 Å². The van der Waals surface area contributed by atoms with E-state index in [9.17, 15) is 22.4 Å². The second-order valence-corrected chi connectivity index (χ2v) is 10.2. The van der Waals surface area contributed by atoms with Crippen LogP contribution in [0.2, 0.25) is 0 Å². The highest BCUT2D eigenvalue weighted by molar-refractivity contribution is 7.89. The van der Waals surface area contributed by atoms with Crippen molar-refractivity contribution in [3.63, 3.8) is 0 Å². The van der Waals surface area contributed by atoms with Gasteiger partial charge in [0.1, 0.15) is 11.9 Å². The first kappa shape index (κ1) is 22.3. The molecular formula is C22H20FN3O4S2. The van der Waals surface area contributed by atoms with Crippen LogP contribution in [0.3, 0.4) is 0 Å². The number of hydrogen-bond acceptors (Lipinski definition) is 6. The van der Waals surface area contributed by atoms with Gasteiger partial charge in [-0.25, -0.2) is 17.8 Å². The largest absolute Gasteiger partial charge is 0.301 e. The Hall–Kier alpha value is -2.95. The van der Waals surface area contributed by atoms with Gasteiger partial charge in [0.05, 0.1) is 15.5 Å². The van der Waals surface area contributed by atoms with E-state index >= 15 is 0 Å². The van der Waals surface area contributed by atoms with Gasteiger partial charge in [0.15, 0.2) is 10.9 Å². The Morgan fingerprint density at radius 3 is 2.47 bits per heavy atom. The maximum Gasteiger partial charge on any atom is 0.244 e. The number of amides is 1. The van der Waals surface area contributed by atoms with Crippen molar-refractivity contribution in [2.45, 2.75) is 30.7 Å². The molecule has 1 atom stereocenters. The Bertz CT molecular complexity index is 1260. The van der Waals surface area contributed by atoms with E-state index in [4.69, 9.17) is 0 Å². The van der Waals surface area contributed by atoms with Gasteiger partial charge in [0.2, 0.25) is 15.9 Å². The van der Waals surface area contributed by atoms with Crippen molar-refractivity contribution in [2.24, 2.45) is 0 Å². The van der Waals surface area contributed by atoms with Gasteiger partial charge in [-0.2, -0.15) is 4.31 Å². The van der Waals surface area contributed by atoms with Crippen molar-refractivity contribution in [3.8, 4) is 11.3 Å². The number of aromatic nitrogens is 1. The van der Waals surface area contributed by atoms with Gasteiger partial charge >= 0.3 is 0 Å². The Balaban J connectivity index is 1.58. The fourth-order valence-electron chi connectivity index (χ4n) is 3.62. The van der Waals surface area contributed by atoms with E-state index in [0.717, 1.165) is 33.3 Å². The number of hydrogen-bond donors (Lipinski definition) is 1. The third kappa shape index (κ3) is 4.34. The van der Waals surface area contributed by atoms with E-state index in [-0.39, 0.29) is 22.4 Å². The molecular weight excluding hydrogens is 453 g/mol. The number of rotatable bonds is 6. The highest BCUT2D eigenvalue weighted by atomic mass is 32.2. The van der Waals surface area contributed by atoms with Crippen LogP contribution in [0.4, 0.5) is 9.52 Å². The molecule has 4 rings (SSSR count). The number of halogens is 1. The lowest BCUT2D eigenvalue weighted by Gasteiger charge is -2.23. The Kier molecular flexibility index (Phi) is 6.18. The van der Waals surface area contributed by atoms with Crippen molar-refractivity contribution < 1.29 is 22.4 Å². The van der Waals surface area contributed by atoms with Gasteiger partial charge in [-0.1, -0.05) is 41.7 Å². The summed E-state index contributed by atoms with van der Waals surface area (Å²) in [6, 6.07) is 12.7. The first-order chi connectivity index (χ1) is 15.3. The summed E-state index contributed by atoms with van der Waals surface area (Å²) in [4.78, 5) is 29.9. The van der Waals surface area contributed by atoms with E-state index in [0.29, 0.717) is 23.4 Å². The highest BCUT2D eigenvalue weighted by Crippen LogP contribution is 2.33. The predicted molar refractivity (Wildman–Crippen MR) is 119 cm³/mol. The van der Waals surface area contributed by atoms with E-state index in [2.05, 4.69) is 10.3 Å². The maximum absolute atomic E-state index is 13.2. The molecule has 1 aliphatic heterocycles. The summed E-state index contributed by atoms with van der Waals surface area (Å²) >= 11 is 1.05. The zero-order valence-corrected chi connectivity index (χ0v) is 18.7. The summed E-state index contributed by atoms with van der Waals surface area (Å²) < 4.78 is 40.4. The molecule has 1 fully saturated rings. The maximum atomic E-state index is 13.2. The first-order valence-corrected chi connectivity index (χ1v) is 12.2. The smallest absolute Gasteiger partial charge is 0.244 e. The number of nitrogens with one attached hydrogen (secondary N) is 1. The van der Waals surface area contributed by atoms with Crippen LogP contribution >= 0.6 is 11.3 Å². The number of Topliss-reactive ketones (excluding diaryl/α,β-unsaturated/α-hetero) is 1. The quantitative estimate of drug-likeness (QED) is 0.547. The fourth-order valence-corrected chi connectivity index (χ4v) is 6.17. The summed E-state index contributed by atoms with van der Waals surface area (Å²) in [6.07, 6.45) is 0.868. The summed E-state index contributed by atoms with van der Waals surface area (Å²) in [5.41, 5.74) is 1.22. The molecule has 1 amide bonds. The molecule has 0 saturated carbocycles. The zero-order valence-electron chi connectivity index (χ0n) is 17.1. The molecule has 3 aromatic rings. The number of sulfonamides is 1. The topological polar surface area (TPSA) is 96.4 Å². The van der Waals surface area contributed by atoms with Crippen molar-refractivity contribution in [2.75, 3.05) is 11.9 Å². The molecule has 1 saturated heterocycles. The van der Waals surface area contributed by atoms with Crippen LogP contribution in [-0.2, 0) is 14.8 Å². The Morgan fingerprint density at radius 1 is 1.12 bits per heavy atom. The summed E-state index contributed by atoms with van der Waals surface area (Å²) in [7, 11) is -3.97. The van der Waals surface area contributed by atoms with E-state index in [1.54, 1.807) is 0 Å². The van der Waals surface area contributed by atoms with Crippen molar-refractivity contribution in [1.29, 1.82) is 0 Å². The second kappa shape index (κ2) is 8.89. The number of ketones is 1. The Morgan fingerprint density at radius 2 is 1.81 bits per heavy atom. The summed E-state index contributed by atoms with van der Waals surface area (Å²) in [5.74, 6) is -1.24. The zero-order chi connectivity index (χ0) is 22.9. The summed E-state index contributed by atoms with van der Waals surface area (Å²) in [5, 5.41) is 2.91. The number of nitrogens with zero attached hydrogens (tertiary/aromatic N) is 2. The number of benzene rings is 2. The van der Waals surface area contributed by atoms with Gasteiger partial charge in [0.25, 0.3) is 0 Å². The van der Waals surface area contributed by atoms with Crippen LogP contribution in [0.5, 0.6) is 0 Å². The lowest BCUT2D eigenvalue weighted by molar-refractivity contribution is -0.119. The van der Waals surface area contributed by atoms with Gasteiger partial charge in [-0.3, -0.25) is 9.59 Å². The minimum absolute atomic E-state index is 0.0712. The summed E-state index contributed by atoms with van der Waals surface area (Å²) in [6.45, 7) is 1.61. The van der Waals surface area contributed by atoms with Crippen molar-refractivity contribution >= 4 is 38.2 Å². The molecule has 10 heteroatoms. The van der Waals surface area contributed by atoms with Crippen LogP contribution in [0.15, 0.2) is 59.5 Å². The minimum Gasteiger partial charge on any atom is -0.301 e. The van der Waals surface area contributed by atoms with Crippen LogP contribution in [-0.4, -0.2) is 42.0 Å². The third-order valence-corrected chi connectivity index (χ3v) is 8.14. The lowest BCUT2D eigenvalue weighted by Crippen LogP contribution is -2.43. The third-order valence-electron chi connectivity index (χ3n) is 5.15. The first-order valence-electron chi connectivity index (χ1n) is 9.93. The van der Waals surface area contributed by atoms with E-state index in [1.165, 1.54) is 19.1 Å². The van der Waals surface area contributed by atoms with Gasteiger partial charge in [-0.15, -0.1) is 0 Å². The molecule has 7 nitrogen and oxygen atoms in total. The van der Waals surface area contributed by atoms with Crippen LogP contribution in [0, 0.1) is 5.82 Å². The van der Waals surface area contributed by atoms with Gasteiger partial charge < -0.3 is 5.32 Å². The molecule has 1 unspecified atom stereocenters. The van der Waals surface area contributed by atoms with E-state index < -0.39 is 27.8 Å². The van der Waals surface area contributed by atoms with Crippen LogP contribution in [0.1, 0.15) is 29.4 Å². The number of carbonyl (C=O) groups excluding carboxylic acids is 2. The number of anilines is 1. The van der Waals surface area contributed by atoms with Crippen LogP contribution < -0.4 is 5.32 Å². The van der Waals surface area contributed by atoms with Crippen molar-refractivity contribution in [3.05, 3.63) is 65.3 Å². The number of carbonyl (C=O) groups is 2. The SMILES string of the molecule is CC(=O)c1sc(NC(=O)C2CCCN2S(=O)(=O)c2ccc(F)cc2)nc1-c1ccccc1. The average Bonchev–Trinajstić information content (AvgIpc) is 3.43. The van der Waals surface area contributed by atoms with E-state index in [1.807, 2.05) is 30.3 Å². The monoisotopic (exact) mass is 473 g/mol. The second-order valence-electron chi connectivity index (χ2n) is 7.34. The molecule has 0 radical (unpaired) electrons. The molecule has 1 aliphatic rings. The fraction of sp³-hybridized carbons (Fsp3) is 0.227. The van der Waals surface area contributed by atoms with Crippen LogP contribution in [0.25, 0.3) is 11.3 Å². The number of thiazole rings is 1. The molecule has 1 N–H and O–H groups in total. The Labute approximate surface area is 189 Å². The van der Waals surface area contributed by atoms with Gasteiger partial charge in [-0.05, 0) is 37.1 Å². The molecule has 2 heterocycles. The standard InChI is InChI=1S/C22H20FN3O4S2/c1-14(27)20-19(15-6-3-2-4-7-15)24-22(31-20)25-21(28)18-8-5-13-26(18)32(29,30)17-11-9-16(23)10-12-17/h2-4,6-7,9-12,18H,5,8,13H2,1H3,(H,24,25,28). The molecule has 1 aromatic heterocycles. The molecule has 2 aromatic carbocycles. The highest BCUT2D eigenvalue weighted by Gasteiger charge is 2.39. The lowest BCUT2D eigenvalue weighted by atomic mass is 10.1. The predicted octanol–water partition coefficient (Wildman–Crippen LogP) is 3.94. The minimum atomic E-state index is -3.97. The molecule has 0 aliphatic carbocycles. The molecule has 0 bridgehead atoms. The molecule has 0 spiro atoms. The average molecular weight is 474 g/mol. The normalized spacial score (nSPS) is 16.8. The molecule has 32 heavy (non-hydrogen) atoms.